The number of aliphatic hydroxyl groups is 2. The number of rotatable bonds is 9. The van der Waals surface area contributed by atoms with Crippen LogP contribution in [0.2, 0.25) is 0 Å². The maximum Gasteiger partial charge on any atom is 0.305 e. The molecule has 0 heterocycles. The summed E-state index contributed by atoms with van der Waals surface area (Å²) in [4.78, 5) is 56.0. The van der Waals surface area contributed by atoms with Crippen molar-refractivity contribution in [2.75, 3.05) is 13.1 Å². The van der Waals surface area contributed by atoms with Crippen LogP contribution < -0.4 is 0 Å². The molecule has 0 aromatic carbocycles. The van der Waals surface area contributed by atoms with E-state index in [2.05, 4.69) is 9.98 Å². The van der Waals surface area contributed by atoms with Crippen molar-refractivity contribution >= 4 is 34.9 Å². The lowest BCUT2D eigenvalue weighted by molar-refractivity contribution is -0.137. The van der Waals surface area contributed by atoms with Gasteiger partial charge in [-0.15, -0.1) is 0 Å². The Labute approximate surface area is 210 Å². The van der Waals surface area contributed by atoms with E-state index in [1.54, 1.807) is 0 Å². The summed E-state index contributed by atoms with van der Waals surface area (Å²) in [5.74, 6) is -3.21. The van der Waals surface area contributed by atoms with E-state index in [9.17, 15) is 29.4 Å². The highest BCUT2D eigenvalue weighted by Gasteiger charge is 2.38. The lowest BCUT2D eigenvalue weighted by Gasteiger charge is -2.32. The average molecular weight is 505 g/mol. The minimum absolute atomic E-state index is 0.0272. The zero-order chi connectivity index (χ0) is 27.3. The molecule has 2 saturated carbocycles. The summed E-state index contributed by atoms with van der Waals surface area (Å²) < 4.78 is 0. The topological polar surface area (TPSA) is 174 Å². The molecule has 10 nitrogen and oxygen atoms in total. The molecule has 0 aromatic rings. The Kier molecular flexibility index (Phi) is 9.34. The van der Waals surface area contributed by atoms with Gasteiger partial charge in [-0.2, -0.15) is 0 Å². The number of carboxylic acid groups (broad SMARTS) is 2. The van der Waals surface area contributed by atoms with Crippen LogP contribution in [0.25, 0.3) is 0 Å². The Bertz CT molecular complexity index is 976. The SMILES string of the molecule is CC1(C)CC(=O)/C(=C(/O)CC/C(O)=C2\C(=O)CC(C)(C)CC2=NCCC(=O)O)C(=NCCC(=O)O)C1. The van der Waals surface area contributed by atoms with E-state index in [1.807, 2.05) is 27.7 Å². The van der Waals surface area contributed by atoms with Crippen LogP contribution in [0.3, 0.4) is 0 Å². The first kappa shape index (κ1) is 28.9. The highest BCUT2D eigenvalue weighted by atomic mass is 16.4. The molecule has 0 unspecified atom stereocenters. The maximum absolute atomic E-state index is 12.8. The first-order valence-corrected chi connectivity index (χ1v) is 12.0. The summed E-state index contributed by atoms with van der Waals surface area (Å²) in [6.07, 6.45) is 0.471. The quantitative estimate of drug-likeness (QED) is 0.269. The number of carboxylic acids is 2. The number of aliphatic carboxylic acids is 2. The molecule has 10 heteroatoms. The summed E-state index contributed by atoms with van der Waals surface area (Å²) in [5, 5.41) is 39.4. The third-order valence-corrected chi connectivity index (χ3v) is 6.14. The third kappa shape index (κ3) is 8.13. The van der Waals surface area contributed by atoms with E-state index in [-0.39, 0.29) is 85.8 Å². The van der Waals surface area contributed by atoms with Crippen LogP contribution in [0, 0.1) is 10.8 Å². The Morgan fingerprint density at radius 3 is 1.28 bits per heavy atom. The second-order valence-corrected chi connectivity index (χ2v) is 11.0. The number of aliphatic hydroxyl groups excluding tert-OH is 2. The Hall–Kier alpha value is -3.30. The molecule has 2 fully saturated rings. The van der Waals surface area contributed by atoms with Crippen LogP contribution in [-0.2, 0) is 19.2 Å². The monoisotopic (exact) mass is 504 g/mol. The first-order chi connectivity index (χ1) is 16.6. The van der Waals surface area contributed by atoms with E-state index in [0.29, 0.717) is 24.3 Å². The van der Waals surface area contributed by atoms with Crippen molar-refractivity contribution < 1.29 is 39.6 Å². The molecule has 198 valence electrons. The summed E-state index contributed by atoms with van der Waals surface area (Å²) >= 11 is 0. The predicted molar refractivity (Wildman–Crippen MR) is 134 cm³/mol. The predicted octanol–water partition coefficient (Wildman–Crippen LogP) is 4.00. The van der Waals surface area contributed by atoms with Crippen molar-refractivity contribution in [1.29, 1.82) is 0 Å². The Balaban J connectivity index is 2.34. The molecular formula is C26H36N2O8. The molecule has 0 radical (unpaired) electrons. The van der Waals surface area contributed by atoms with E-state index < -0.39 is 22.8 Å². The molecule has 0 saturated heterocycles. The zero-order valence-corrected chi connectivity index (χ0v) is 21.4. The number of hydrogen-bond acceptors (Lipinski definition) is 8. The lowest BCUT2D eigenvalue weighted by Crippen LogP contribution is -2.33. The second kappa shape index (κ2) is 11.6. The normalized spacial score (nSPS) is 24.7. The van der Waals surface area contributed by atoms with Gasteiger partial charge in [0, 0.05) is 50.2 Å². The van der Waals surface area contributed by atoms with Crippen LogP contribution in [0.5, 0.6) is 0 Å². The standard InChI is InChI=1S/C26H36N2O8/c1-25(2)11-15(27-9-7-21(33)34)23(19(31)13-25)17(29)5-6-18(30)24-16(28-10-8-22(35)36)12-26(3,4)14-20(24)32/h29-30H,5-14H2,1-4H3,(H,33,34)(H,35,36)/b23-17+,24-18+,27-15?,28-16?. The summed E-state index contributed by atoms with van der Waals surface area (Å²) in [6, 6.07) is 0. The summed E-state index contributed by atoms with van der Waals surface area (Å²) in [5.41, 5.74) is -0.0132. The van der Waals surface area contributed by atoms with Gasteiger partial charge < -0.3 is 20.4 Å². The molecule has 36 heavy (non-hydrogen) atoms. The summed E-state index contributed by atoms with van der Waals surface area (Å²) in [6.45, 7) is 7.51. The van der Waals surface area contributed by atoms with E-state index in [1.165, 1.54) is 0 Å². The molecule has 0 spiro atoms. The highest BCUT2D eigenvalue weighted by molar-refractivity contribution is 6.25. The van der Waals surface area contributed by atoms with Crippen molar-refractivity contribution in [3.8, 4) is 0 Å². The highest BCUT2D eigenvalue weighted by Crippen LogP contribution is 2.38. The van der Waals surface area contributed by atoms with Crippen molar-refractivity contribution in [3.05, 3.63) is 22.7 Å². The summed E-state index contributed by atoms with van der Waals surface area (Å²) in [7, 11) is 0. The van der Waals surface area contributed by atoms with Gasteiger partial charge in [0.05, 0.1) is 24.0 Å². The molecule has 0 atom stereocenters. The minimum atomic E-state index is -1.02. The molecule has 2 aliphatic carbocycles. The van der Waals surface area contributed by atoms with Gasteiger partial charge in [0.2, 0.25) is 0 Å². The average Bonchev–Trinajstić information content (AvgIpc) is 2.69. The van der Waals surface area contributed by atoms with E-state index in [4.69, 9.17) is 10.2 Å². The van der Waals surface area contributed by atoms with Crippen LogP contribution in [0.1, 0.15) is 79.1 Å². The molecule has 0 aliphatic heterocycles. The minimum Gasteiger partial charge on any atom is -0.511 e. The number of aliphatic imine (C=N–C) groups is 2. The van der Waals surface area contributed by atoms with Gasteiger partial charge in [-0.3, -0.25) is 29.2 Å². The van der Waals surface area contributed by atoms with Crippen LogP contribution >= 0.6 is 0 Å². The maximum atomic E-state index is 12.8. The molecule has 0 bridgehead atoms. The number of Topliss-reactive ketones (excluding diaryl/α,β-unsaturated/α-hetero) is 2. The molecule has 4 N–H and O–H groups in total. The molecular weight excluding hydrogens is 468 g/mol. The van der Waals surface area contributed by atoms with Crippen LogP contribution in [0.15, 0.2) is 32.6 Å². The molecule has 2 aliphatic rings. The Morgan fingerprint density at radius 2 is 0.972 bits per heavy atom. The number of ketones is 2. The number of carbonyl (C=O) groups is 4. The smallest absolute Gasteiger partial charge is 0.305 e. The number of allylic oxidation sites excluding steroid dienone is 4. The third-order valence-electron chi connectivity index (χ3n) is 6.14. The fourth-order valence-corrected chi connectivity index (χ4v) is 4.56. The number of hydrogen-bond donors (Lipinski definition) is 4. The van der Waals surface area contributed by atoms with Crippen molar-refractivity contribution in [2.24, 2.45) is 20.8 Å². The fourth-order valence-electron chi connectivity index (χ4n) is 4.56. The molecule has 0 amide bonds. The van der Waals surface area contributed by atoms with Crippen molar-refractivity contribution in [1.82, 2.24) is 0 Å². The van der Waals surface area contributed by atoms with Gasteiger partial charge in [0.1, 0.15) is 11.5 Å². The fraction of sp³-hybridized carbons (Fsp3) is 0.615. The van der Waals surface area contributed by atoms with Crippen molar-refractivity contribution in [3.63, 3.8) is 0 Å². The van der Waals surface area contributed by atoms with E-state index in [0.717, 1.165) is 0 Å². The van der Waals surface area contributed by atoms with Crippen LogP contribution in [0.4, 0.5) is 0 Å². The van der Waals surface area contributed by atoms with Crippen molar-refractivity contribution in [2.45, 2.75) is 79.1 Å². The van der Waals surface area contributed by atoms with Gasteiger partial charge in [-0.1, -0.05) is 27.7 Å². The van der Waals surface area contributed by atoms with Crippen LogP contribution in [-0.4, -0.2) is 68.4 Å². The first-order valence-electron chi connectivity index (χ1n) is 12.0. The number of carbonyl (C=O) groups excluding carboxylic acids is 2. The zero-order valence-electron chi connectivity index (χ0n) is 21.4. The largest absolute Gasteiger partial charge is 0.511 e. The lowest BCUT2D eigenvalue weighted by atomic mass is 9.72. The molecule has 0 aromatic heterocycles. The second-order valence-electron chi connectivity index (χ2n) is 11.0. The van der Waals surface area contributed by atoms with Gasteiger partial charge in [-0.05, 0) is 23.7 Å². The molecule has 2 rings (SSSR count). The van der Waals surface area contributed by atoms with Gasteiger partial charge in [0.15, 0.2) is 11.6 Å². The number of nitrogens with zero attached hydrogens (tertiary/aromatic N) is 2. The van der Waals surface area contributed by atoms with E-state index >= 15 is 0 Å². The van der Waals surface area contributed by atoms with Gasteiger partial charge in [-0.25, -0.2) is 0 Å². The van der Waals surface area contributed by atoms with Gasteiger partial charge in [0.25, 0.3) is 0 Å². The Morgan fingerprint density at radius 1 is 0.639 bits per heavy atom. The van der Waals surface area contributed by atoms with Gasteiger partial charge >= 0.3 is 11.9 Å².